The van der Waals surface area contributed by atoms with Gasteiger partial charge in [-0.2, -0.15) is 0 Å². The first-order valence-corrected chi connectivity index (χ1v) is 8.55. The number of aryl methyl sites for hydroxylation is 1. The summed E-state index contributed by atoms with van der Waals surface area (Å²) in [6.07, 6.45) is 6.39. The summed E-state index contributed by atoms with van der Waals surface area (Å²) in [4.78, 5) is 9.41. The molecule has 2 fully saturated rings. The standard InChI is InChI=1S/C15H24N8/c1-2-22-6-5-16-14(22)11-20-7-9-21(10-8-20)12-15-17-18-19-23(15)13-3-4-13/h5-6,13H,2-4,7-12H2,1H3. The highest BCUT2D eigenvalue weighted by atomic mass is 15.6. The highest BCUT2D eigenvalue weighted by molar-refractivity contribution is 4.94. The number of tetrazole rings is 1. The van der Waals surface area contributed by atoms with Crippen molar-refractivity contribution in [1.29, 1.82) is 0 Å². The third-order valence-corrected chi connectivity index (χ3v) is 4.79. The normalized spacial score (nSPS) is 20.2. The van der Waals surface area contributed by atoms with E-state index in [2.05, 4.69) is 48.0 Å². The van der Waals surface area contributed by atoms with Gasteiger partial charge in [0.25, 0.3) is 0 Å². The van der Waals surface area contributed by atoms with Gasteiger partial charge in [-0.1, -0.05) is 0 Å². The predicted octanol–water partition coefficient (Wildman–Crippen LogP) is 0.542. The quantitative estimate of drug-likeness (QED) is 0.775. The molecule has 0 amide bonds. The van der Waals surface area contributed by atoms with Gasteiger partial charge in [-0.3, -0.25) is 9.80 Å². The largest absolute Gasteiger partial charge is 0.334 e. The molecule has 8 heteroatoms. The molecule has 8 nitrogen and oxygen atoms in total. The summed E-state index contributed by atoms with van der Waals surface area (Å²) >= 11 is 0. The summed E-state index contributed by atoms with van der Waals surface area (Å²) in [5.74, 6) is 2.18. The molecule has 4 rings (SSSR count). The molecule has 3 heterocycles. The van der Waals surface area contributed by atoms with E-state index in [1.54, 1.807) is 0 Å². The number of piperazine rings is 1. The minimum Gasteiger partial charge on any atom is -0.334 e. The maximum atomic E-state index is 4.48. The molecular formula is C15H24N8. The molecule has 1 aliphatic heterocycles. The van der Waals surface area contributed by atoms with Crippen LogP contribution in [0.1, 0.15) is 37.5 Å². The number of rotatable bonds is 6. The molecule has 0 N–H and O–H groups in total. The molecule has 2 aliphatic rings. The molecule has 23 heavy (non-hydrogen) atoms. The van der Waals surface area contributed by atoms with Crippen molar-refractivity contribution >= 4 is 0 Å². The van der Waals surface area contributed by atoms with Gasteiger partial charge in [-0.15, -0.1) is 5.10 Å². The fraction of sp³-hybridized carbons (Fsp3) is 0.733. The van der Waals surface area contributed by atoms with E-state index < -0.39 is 0 Å². The van der Waals surface area contributed by atoms with E-state index in [4.69, 9.17) is 0 Å². The number of aromatic nitrogens is 6. The minimum absolute atomic E-state index is 0.550. The lowest BCUT2D eigenvalue weighted by molar-refractivity contribution is 0.115. The van der Waals surface area contributed by atoms with E-state index >= 15 is 0 Å². The van der Waals surface area contributed by atoms with Crippen LogP contribution in [0.15, 0.2) is 12.4 Å². The second-order valence-corrected chi connectivity index (χ2v) is 6.45. The average Bonchev–Trinajstić information content (AvgIpc) is 3.14. The van der Waals surface area contributed by atoms with E-state index in [1.807, 2.05) is 10.9 Å². The Bertz CT molecular complexity index is 635. The molecule has 0 unspecified atom stereocenters. The molecule has 1 aliphatic carbocycles. The number of hydrogen-bond donors (Lipinski definition) is 0. The van der Waals surface area contributed by atoms with Crippen LogP contribution in [0, 0.1) is 0 Å². The van der Waals surface area contributed by atoms with Crippen molar-refractivity contribution < 1.29 is 0 Å². The Hall–Kier alpha value is -1.80. The van der Waals surface area contributed by atoms with Gasteiger partial charge < -0.3 is 4.57 Å². The Labute approximate surface area is 136 Å². The molecule has 0 aromatic carbocycles. The Morgan fingerprint density at radius 2 is 1.74 bits per heavy atom. The Morgan fingerprint density at radius 1 is 1.04 bits per heavy atom. The smallest absolute Gasteiger partial charge is 0.165 e. The van der Waals surface area contributed by atoms with E-state index in [9.17, 15) is 0 Å². The lowest BCUT2D eigenvalue weighted by Crippen LogP contribution is -2.46. The first-order valence-electron chi connectivity index (χ1n) is 8.55. The summed E-state index contributed by atoms with van der Waals surface area (Å²) in [5.41, 5.74) is 0. The first kappa shape index (κ1) is 14.8. The molecule has 0 bridgehead atoms. The molecule has 1 saturated heterocycles. The fourth-order valence-corrected chi connectivity index (χ4v) is 3.20. The lowest BCUT2D eigenvalue weighted by atomic mass is 10.3. The second kappa shape index (κ2) is 6.37. The van der Waals surface area contributed by atoms with Crippen molar-refractivity contribution in [1.82, 2.24) is 39.6 Å². The van der Waals surface area contributed by atoms with Crippen LogP contribution in [0.25, 0.3) is 0 Å². The van der Waals surface area contributed by atoms with Crippen LogP contribution in [-0.2, 0) is 19.6 Å². The van der Waals surface area contributed by atoms with Crippen LogP contribution in [-0.4, -0.2) is 65.7 Å². The number of imidazole rings is 1. The van der Waals surface area contributed by atoms with Crippen LogP contribution in [0.4, 0.5) is 0 Å². The Morgan fingerprint density at radius 3 is 2.39 bits per heavy atom. The van der Waals surface area contributed by atoms with Crippen molar-refractivity contribution in [3.63, 3.8) is 0 Å². The van der Waals surface area contributed by atoms with Crippen molar-refractivity contribution in [2.75, 3.05) is 26.2 Å². The number of nitrogens with zero attached hydrogens (tertiary/aromatic N) is 8. The van der Waals surface area contributed by atoms with E-state index in [1.165, 1.54) is 18.7 Å². The summed E-state index contributed by atoms with van der Waals surface area (Å²) in [5, 5.41) is 12.2. The van der Waals surface area contributed by atoms with Gasteiger partial charge in [0.15, 0.2) is 5.82 Å². The van der Waals surface area contributed by atoms with E-state index in [0.717, 1.165) is 51.6 Å². The van der Waals surface area contributed by atoms with Gasteiger partial charge in [-0.25, -0.2) is 9.67 Å². The summed E-state index contributed by atoms with van der Waals surface area (Å²) in [7, 11) is 0. The third kappa shape index (κ3) is 3.28. The molecule has 124 valence electrons. The van der Waals surface area contributed by atoms with Gasteiger partial charge in [0, 0.05) is 45.1 Å². The van der Waals surface area contributed by atoms with Crippen LogP contribution in [0.5, 0.6) is 0 Å². The third-order valence-electron chi connectivity index (χ3n) is 4.79. The van der Waals surface area contributed by atoms with Gasteiger partial charge in [0.05, 0.1) is 19.1 Å². The van der Waals surface area contributed by atoms with Crippen molar-refractivity contribution in [3.05, 3.63) is 24.0 Å². The Balaban J connectivity index is 1.30. The molecule has 2 aromatic rings. The van der Waals surface area contributed by atoms with Crippen LogP contribution in [0.3, 0.4) is 0 Å². The molecule has 0 radical (unpaired) electrons. The topological polar surface area (TPSA) is 67.9 Å². The summed E-state index contributed by atoms with van der Waals surface area (Å²) in [6, 6.07) is 0.550. The zero-order valence-electron chi connectivity index (χ0n) is 13.7. The van der Waals surface area contributed by atoms with Crippen LogP contribution in [0.2, 0.25) is 0 Å². The van der Waals surface area contributed by atoms with Gasteiger partial charge >= 0.3 is 0 Å². The lowest BCUT2D eigenvalue weighted by Gasteiger charge is -2.34. The first-order chi connectivity index (χ1) is 11.3. The van der Waals surface area contributed by atoms with Crippen molar-refractivity contribution in [2.24, 2.45) is 0 Å². The van der Waals surface area contributed by atoms with E-state index in [-0.39, 0.29) is 0 Å². The van der Waals surface area contributed by atoms with Crippen LogP contribution >= 0.6 is 0 Å². The monoisotopic (exact) mass is 316 g/mol. The van der Waals surface area contributed by atoms with E-state index in [0.29, 0.717) is 6.04 Å². The average molecular weight is 316 g/mol. The molecule has 0 atom stereocenters. The van der Waals surface area contributed by atoms with Crippen molar-refractivity contribution in [2.45, 2.75) is 45.4 Å². The van der Waals surface area contributed by atoms with Gasteiger partial charge in [0.1, 0.15) is 5.82 Å². The van der Waals surface area contributed by atoms with Gasteiger partial charge in [0.2, 0.25) is 0 Å². The summed E-state index contributed by atoms with van der Waals surface area (Å²) < 4.78 is 4.24. The van der Waals surface area contributed by atoms with Crippen molar-refractivity contribution in [3.8, 4) is 0 Å². The maximum absolute atomic E-state index is 4.48. The molecular weight excluding hydrogens is 292 g/mol. The predicted molar refractivity (Wildman–Crippen MR) is 84.5 cm³/mol. The van der Waals surface area contributed by atoms with Gasteiger partial charge in [-0.05, 0) is 30.2 Å². The highest BCUT2D eigenvalue weighted by Gasteiger charge is 2.28. The minimum atomic E-state index is 0.550. The Kier molecular flexibility index (Phi) is 4.09. The zero-order chi connectivity index (χ0) is 15.6. The summed E-state index contributed by atoms with van der Waals surface area (Å²) in [6.45, 7) is 9.21. The van der Waals surface area contributed by atoms with Crippen LogP contribution < -0.4 is 0 Å². The molecule has 2 aromatic heterocycles. The fourth-order valence-electron chi connectivity index (χ4n) is 3.20. The number of hydrogen-bond acceptors (Lipinski definition) is 6. The second-order valence-electron chi connectivity index (χ2n) is 6.45. The molecule has 1 saturated carbocycles. The SMILES string of the molecule is CCn1ccnc1CN1CCN(Cc2nnnn2C2CC2)CC1. The highest BCUT2D eigenvalue weighted by Crippen LogP contribution is 2.34. The zero-order valence-corrected chi connectivity index (χ0v) is 13.7. The molecule has 0 spiro atoms. The maximum Gasteiger partial charge on any atom is 0.165 e.